The standard InChI is InChI=1S/C11H17ClN2O2S/c1-3-13-6-7-17(15,16)14-11-8-9(2)4-5-10(11)12/h4-5,8,13-14H,3,6-7H2,1-2H3. The number of halogens is 1. The third-order valence-electron chi connectivity index (χ3n) is 2.18. The van der Waals surface area contributed by atoms with Gasteiger partial charge >= 0.3 is 0 Å². The van der Waals surface area contributed by atoms with Crippen LogP contribution in [0.5, 0.6) is 0 Å². The van der Waals surface area contributed by atoms with Crippen LogP contribution in [-0.2, 0) is 10.0 Å². The van der Waals surface area contributed by atoms with E-state index in [0.717, 1.165) is 12.1 Å². The molecule has 0 heterocycles. The molecule has 0 unspecified atom stereocenters. The van der Waals surface area contributed by atoms with E-state index in [1.165, 1.54) is 0 Å². The SMILES string of the molecule is CCNCCS(=O)(=O)Nc1cc(C)ccc1Cl. The molecule has 0 aliphatic carbocycles. The summed E-state index contributed by atoms with van der Waals surface area (Å²) in [6, 6.07) is 5.23. The average molecular weight is 277 g/mol. The van der Waals surface area contributed by atoms with E-state index in [1.807, 2.05) is 19.9 Å². The van der Waals surface area contributed by atoms with Crippen molar-refractivity contribution in [3.05, 3.63) is 28.8 Å². The van der Waals surface area contributed by atoms with E-state index in [-0.39, 0.29) is 5.75 Å². The summed E-state index contributed by atoms with van der Waals surface area (Å²) in [7, 11) is -3.34. The number of hydrogen-bond acceptors (Lipinski definition) is 3. The van der Waals surface area contributed by atoms with E-state index in [9.17, 15) is 8.42 Å². The van der Waals surface area contributed by atoms with Crippen molar-refractivity contribution in [3.63, 3.8) is 0 Å². The molecule has 0 saturated carbocycles. The Hall–Kier alpha value is -0.780. The second-order valence-corrected chi connectivity index (χ2v) is 6.01. The maximum atomic E-state index is 11.7. The van der Waals surface area contributed by atoms with Gasteiger partial charge in [0.2, 0.25) is 10.0 Å². The number of nitrogens with one attached hydrogen (secondary N) is 2. The molecule has 6 heteroatoms. The van der Waals surface area contributed by atoms with Crippen LogP contribution in [0.2, 0.25) is 5.02 Å². The fraction of sp³-hybridized carbons (Fsp3) is 0.455. The van der Waals surface area contributed by atoms with Crippen molar-refractivity contribution in [2.45, 2.75) is 13.8 Å². The molecule has 4 nitrogen and oxygen atoms in total. The molecule has 0 aliphatic rings. The van der Waals surface area contributed by atoms with Gasteiger partial charge in [0, 0.05) is 6.54 Å². The fourth-order valence-electron chi connectivity index (χ4n) is 1.32. The molecule has 1 rings (SSSR count). The van der Waals surface area contributed by atoms with Crippen LogP contribution in [0.3, 0.4) is 0 Å². The molecular formula is C11H17ClN2O2S. The van der Waals surface area contributed by atoms with E-state index in [1.54, 1.807) is 12.1 Å². The molecule has 0 spiro atoms. The first kappa shape index (κ1) is 14.3. The van der Waals surface area contributed by atoms with Crippen LogP contribution in [0.1, 0.15) is 12.5 Å². The minimum absolute atomic E-state index is 0.0328. The van der Waals surface area contributed by atoms with Gasteiger partial charge in [-0.2, -0.15) is 0 Å². The normalized spacial score (nSPS) is 11.5. The summed E-state index contributed by atoms with van der Waals surface area (Å²) >= 11 is 5.92. The summed E-state index contributed by atoms with van der Waals surface area (Å²) in [4.78, 5) is 0. The average Bonchev–Trinajstić information content (AvgIpc) is 2.23. The first-order chi connectivity index (χ1) is 7.94. The highest BCUT2D eigenvalue weighted by Crippen LogP contribution is 2.23. The van der Waals surface area contributed by atoms with Crippen LogP contribution in [0.15, 0.2) is 18.2 Å². The van der Waals surface area contributed by atoms with Gasteiger partial charge in [-0.3, -0.25) is 4.72 Å². The number of benzene rings is 1. The van der Waals surface area contributed by atoms with Gasteiger partial charge in [-0.1, -0.05) is 24.6 Å². The monoisotopic (exact) mass is 276 g/mol. The van der Waals surface area contributed by atoms with Crippen LogP contribution >= 0.6 is 11.6 Å². The fourth-order valence-corrected chi connectivity index (χ4v) is 2.56. The third-order valence-corrected chi connectivity index (χ3v) is 3.79. The molecule has 0 aromatic heterocycles. The van der Waals surface area contributed by atoms with Gasteiger partial charge in [0.05, 0.1) is 16.5 Å². The lowest BCUT2D eigenvalue weighted by Crippen LogP contribution is -2.26. The topological polar surface area (TPSA) is 58.2 Å². The molecule has 17 heavy (non-hydrogen) atoms. The first-order valence-electron chi connectivity index (χ1n) is 5.42. The van der Waals surface area contributed by atoms with Crippen LogP contribution < -0.4 is 10.0 Å². The molecular weight excluding hydrogens is 260 g/mol. The zero-order valence-corrected chi connectivity index (χ0v) is 11.5. The number of sulfonamides is 1. The highest BCUT2D eigenvalue weighted by molar-refractivity contribution is 7.92. The van der Waals surface area contributed by atoms with Crippen molar-refractivity contribution in [3.8, 4) is 0 Å². The molecule has 2 N–H and O–H groups in total. The minimum atomic E-state index is -3.34. The lowest BCUT2D eigenvalue weighted by atomic mass is 10.2. The van der Waals surface area contributed by atoms with Crippen molar-refractivity contribution in [1.29, 1.82) is 0 Å². The molecule has 0 fully saturated rings. The quantitative estimate of drug-likeness (QED) is 0.782. The molecule has 1 aromatic rings. The Kier molecular flexibility index (Phi) is 5.24. The van der Waals surface area contributed by atoms with Gasteiger partial charge in [0.25, 0.3) is 0 Å². The maximum absolute atomic E-state index is 11.7. The lowest BCUT2D eigenvalue weighted by Gasteiger charge is -2.10. The maximum Gasteiger partial charge on any atom is 0.234 e. The lowest BCUT2D eigenvalue weighted by molar-refractivity contribution is 0.597. The number of rotatable bonds is 6. The Morgan fingerprint density at radius 2 is 2.06 bits per heavy atom. The molecule has 0 radical (unpaired) electrons. The van der Waals surface area contributed by atoms with Crippen molar-refractivity contribution in [2.24, 2.45) is 0 Å². The van der Waals surface area contributed by atoms with Gasteiger partial charge in [-0.15, -0.1) is 0 Å². The predicted octanol–water partition coefficient (Wildman–Crippen LogP) is 2.00. The Bertz CT molecular complexity index is 474. The highest BCUT2D eigenvalue weighted by Gasteiger charge is 2.11. The summed E-state index contributed by atoms with van der Waals surface area (Å²) in [6.07, 6.45) is 0. The number of anilines is 1. The van der Waals surface area contributed by atoms with Crippen LogP contribution in [0.25, 0.3) is 0 Å². The van der Waals surface area contributed by atoms with Crippen molar-refractivity contribution in [1.82, 2.24) is 5.32 Å². The van der Waals surface area contributed by atoms with E-state index in [0.29, 0.717) is 17.3 Å². The molecule has 1 aromatic carbocycles. The van der Waals surface area contributed by atoms with Gasteiger partial charge < -0.3 is 5.32 Å². The van der Waals surface area contributed by atoms with Crippen LogP contribution in [-0.4, -0.2) is 27.3 Å². The highest BCUT2D eigenvalue weighted by atomic mass is 35.5. The van der Waals surface area contributed by atoms with Crippen molar-refractivity contribution >= 4 is 27.3 Å². The van der Waals surface area contributed by atoms with E-state index in [2.05, 4.69) is 10.0 Å². The summed E-state index contributed by atoms with van der Waals surface area (Å²) in [5.41, 5.74) is 1.39. The van der Waals surface area contributed by atoms with Crippen LogP contribution in [0.4, 0.5) is 5.69 Å². The first-order valence-corrected chi connectivity index (χ1v) is 7.45. The molecule has 0 atom stereocenters. The van der Waals surface area contributed by atoms with E-state index in [4.69, 9.17) is 11.6 Å². The van der Waals surface area contributed by atoms with Gasteiger partial charge in [-0.05, 0) is 31.2 Å². The Balaban J connectivity index is 2.72. The molecule has 96 valence electrons. The molecule has 0 aliphatic heterocycles. The smallest absolute Gasteiger partial charge is 0.234 e. The Labute approximate surface area is 107 Å². The van der Waals surface area contributed by atoms with Gasteiger partial charge in [0.15, 0.2) is 0 Å². The van der Waals surface area contributed by atoms with Gasteiger partial charge in [-0.25, -0.2) is 8.42 Å². The third kappa shape index (κ3) is 4.93. The van der Waals surface area contributed by atoms with Crippen molar-refractivity contribution < 1.29 is 8.42 Å². The van der Waals surface area contributed by atoms with Crippen LogP contribution in [0, 0.1) is 6.92 Å². The Morgan fingerprint density at radius 1 is 1.35 bits per heavy atom. The zero-order chi connectivity index (χ0) is 12.9. The largest absolute Gasteiger partial charge is 0.316 e. The summed E-state index contributed by atoms with van der Waals surface area (Å²) in [5, 5.41) is 3.37. The van der Waals surface area contributed by atoms with E-state index >= 15 is 0 Å². The minimum Gasteiger partial charge on any atom is -0.316 e. The molecule has 0 saturated heterocycles. The molecule has 0 bridgehead atoms. The zero-order valence-electron chi connectivity index (χ0n) is 9.96. The van der Waals surface area contributed by atoms with Gasteiger partial charge in [0.1, 0.15) is 0 Å². The summed E-state index contributed by atoms with van der Waals surface area (Å²) < 4.78 is 25.9. The number of hydrogen-bond donors (Lipinski definition) is 2. The van der Waals surface area contributed by atoms with E-state index < -0.39 is 10.0 Å². The summed E-state index contributed by atoms with van der Waals surface area (Å²) in [6.45, 7) is 4.99. The Morgan fingerprint density at radius 3 is 2.71 bits per heavy atom. The number of aryl methyl sites for hydroxylation is 1. The molecule has 0 amide bonds. The predicted molar refractivity (Wildman–Crippen MR) is 72.1 cm³/mol. The second kappa shape index (κ2) is 6.23. The van der Waals surface area contributed by atoms with Crippen molar-refractivity contribution in [2.75, 3.05) is 23.6 Å². The summed E-state index contributed by atoms with van der Waals surface area (Å²) in [5.74, 6) is 0.0328. The second-order valence-electron chi connectivity index (χ2n) is 3.76.